The molecule has 0 amide bonds. The van der Waals surface area contributed by atoms with Crippen molar-refractivity contribution in [2.45, 2.75) is 12.2 Å². The van der Waals surface area contributed by atoms with Crippen molar-refractivity contribution in [2.24, 2.45) is 0 Å². The molecular formula is C19H24N2O8+2. The highest BCUT2D eigenvalue weighted by Gasteiger charge is 2.34. The van der Waals surface area contributed by atoms with Gasteiger partial charge in [0.05, 0.1) is 26.9 Å². The Morgan fingerprint density at radius 1 is 0.828 bits per heavy atom. The van der Waals surface area contributed by atoms with Crippen molar-refractivity contribution in [3.8, 4) is 11.5 Å². The summed E-state index contributed by atoms with van der Waals surface area (Å²) in [6.45, 7) is -0.813. The first kappa shape index (κ1) is 20.8. The summed E-state index contributed by atoms with van der Waals surface area (Å²) in [4.78, 5) is 0. The number of hydrogen-bond acceptors (Lipinski definition) is 8. The Morgan fingerprint density at radius 2 is 1.38 bits per heavy atom. The summed E-state index contributed by atoms with van der Waals surface area (Å²) in [5, 5.41) is 49.4. The number of para-hydroxylation sites is 2. The van der Waals surface area contributed by atoms with Crippen LogP contribution in [0.1, 0.15) is 0 Å². The summed E-state index contributed by atoms with van der Waals surface area (Å²) in [7, 11) is 1.46. The maximum atomic E-state index is 10.7. The molecule has 0 spiro atoms. The minimum absolute atomic E-state index is 0.110. The number of fused-ring (bicyclic) bond motifs is 2. The van der Waals surface area contributed by atoms with Gasteiger partial charge in [-0.2, -0.15) is 0 Å². The topological polar surface area (TPSA) is 137 Å². The Morgan fingerprint density at radius 3 is 1.97 bits per heavy atom. The van der Waals surface area contributed by atoms with Gasteiger partial charge in [-0.3, -0.25) is 10.4 Å². The van der Waals surface area contributed by atoms with Crippen LogP contribution in [0, 0.1) is 0 Å². The highest BCUT2D eigenvalue weighted by Crippen LogP contribution is 2.26. The Labute approximate surface area is 165 Å². The molecule has 0 fully saturated rings. The van der Waals surface area contributed by atoms with Crippen molar-refractivity contribution in [3.63, 3.8) is 0 Å². The van der Waals surface area contributed by atoms with Crippen LogP contribution in [0.5, 0.6) is 11.5 Å². The van der Waals surface area contributed by atoms with Gasteiger partial charge in [0.1, 0.15) is 18.8 Å². The average molecular weight is 408 g/mol. The van der Waals surface area contributed by atoms with Crippen LogP contribution in [0.15, 0.2) is 36.4 Å². The molecule has 0 aliphatic heterocycles. The minimum Gasteiger partial charge on any atom is -0.490 e. The van der Waals surface area contributed by atoms with E-state index in [0.717, 1.165) is 9.46 Å². The van der Waals surface area contributed by atoms with E-state index < -0.39 is 18.8 Å². The lowest BCUT2D eigenvalue weighted by Gasteiger charge is -2.13. The monoisotopic (exact) mass is 408 g/mol. The summed E-state index contributed by atoms with van der Waals surface area (Å²) < 4.78 is 17.8. The molecule has 0 saturated carbocycles. The lowest BCUT2D eigenvalue weighted by atomic mass is 10.2. The second-order valence-corrected chi connectivity index (χ2v) is 6.41. The van der Waals surface area contributed by atoms with Crippen LogP contribution >= 0.6 is 0 Å². The molecule has 3 aromatic rings. The first-order chi connectivity index (χ1) is 14.0. The summed E-state index contributed by atoms with van der Waals surface area (Å²) in [5.74, 6) is 0.602. The summed E-state index contributed by atoms with van der Waals surface area (Å²) in [5.41, 5.74) is 1.02. The molecule has 29 heavy (non-hydrogen) atoms. The number of hydrogen-bond donors (Lipinski definition) is 5. The molecule has 0 radical (unpaired) electrons. The van der Waals surface area contributed by atoms with Gasteiger partial charge in [0, 0.05) is 21.6 Å². The predicted octanol–water partition coefficient (Wildman–Crippen LogP) is -0.839. The van der Waals surface area contributed by atoms with Crippen LogP contribution in [0.3, 0.4) is 0 Å². The van der Waals surface area contributed by atoms with E-state index in [1.54, 1.807) is 36.4 Å². The molecule has 0 saturated heterocycles. The highest BCUT2D eigenvalue weighted by molar-refractivity contribution is 5.82. The van der Waals surface area contributed by atoms with E-state index in [2.05, 4.69) is 0 Å². The molecular weight excluding hydrogens is 384 g/mol. The lowest BCUT2D eigenvalue weighted by Crippen LogP contribution is -2.43. The van der Waals surface area contributed by atoms with E-state index in [1.165, 1.54) is 7.11 Å². The van der Waals surface area contributed by atoms with E-state index in [0.29, 0.717) is 5.75 Å². The Kier molecular flexibility index (Phi) is 6.49. The normalized spacial score (nSPS) is 13.5. The van der Waals surface area contributed by atoms with Gasteiger partial charge >= 0.3 is 22.1 Å². The minimum atomic E-state index is -1.01. The van der Waals surface area contributed by atoms with E-state index in [-0.39, 0.29) is 47.6 Å². The molecule has 2 aromatic carbocycles. The third-order valence-electron chi connectivity index (χ3n) is 4.32. The van der Waals surface area contributed by atoms with Crippen molar-refractivity contribution in [1.29, 1.82) is 0 Å². The first-order valence-electron chi connectivity index (χ1n) is 8.93. The molecule has 5 N–H and O–H groups in total. The molecule has 0 aliphatic carbocycles. The molecule has 156 valence electrons. The number of aliphatic hydroxyl groups excluding tert-OH is 3. The number of aromatic nitrogens is 2. The van der Waals surface area contributed by atoms with Crippen molar-refractivity contribution < 1.29 is 49.4 Å². The Bertz CT molecular complexity index is 997. The Balaban J connectivity index is 1.88. The van der Waals surface area contributed by atoms with Crippen molar-refractivity contribution in [3.05, 3.63) is 36.4 Å². The average Bonchev–Trinajstić information content (AvgIpc) is 2.74. The molecule has 10 nitrogen and oxygen atoms in total. The smallest absolute Gasteiger partial charge is 0.375 e. The standard InChI is InChI=1S/C19H24N2O8/c1-27-16-6-2-4-14-18(16)20(25)15-5-3-7-17(19(15)21(14)26)29-11-13(24)10-28-9-12(23)8-22/h2-7,12-13,22-26H,8-11H2,1H3/q+2. The first-order valence-corrected chi connectivity index (χ1v) is 8.93. The van der Waals surface area contributed by atoms with Gasteiger partial charge in [0.2, 0.25) is 11.5 Å². The second kappa shape index (κ2) is 9.05. The Hall–Kier alpha value is -2.92. The molecule has 0 bridgehead atoms. The maximum absolute atomic E-state index is 10.7. The van der Waals surface area contributed by atoms with Gasteiger partial charge in [0.25, 0.3) is 0 Å². The van der Waals surface area contributed by atoms with E-state index in [9.17, 15) is 20.6 Å². The van der Waals surface area contributed by atoms with Gasteiger partial charge in [-0.25, -0.2) is 0 Å². The number of benzene rings is 2. The third-order valence-corrected chi connectivity index (χ3v) is 4.32. The second-order valence-electron chi connectivity index (χ2n) is 6.41. The molecule has 2 unspecified atom stereocenters. The van der Waals surface area contributed by atoms with Gasteiger partial charge in [-0.1, -0.05) is 12.1 Å². The van der Waals surface area contributed by atoms with Crippen LogP contribution in [0.4, 0.5) is 0 Å². The number of ether oxygens (including phenoxy) is 3. The van der Waals surface area contributed by atoms with Crippen molar-refractivity contribution in [2.75, 3.05) is 33.5 Å². The van der Waals surface area contributed by atoms with Crippen molar-refractivity contribution >= 4 is 22.1 Å². The summed E-state index contributed by atoms with van der Waals surface area (Å²) in [6.07, 6.45) is -2.02. The fourth-order valence-corrected chi connectivity index (χ4v) is 2.94. The quantitative estimate of drug-likeness (QED) is 0.176. The molecule has 3 rings (SSSR count). The molecule has 10 heteroatoms. The molecule has 0 aliphatic rings. The van der Waals surface area contributed by atoms with Gasteiger partial charge in [-0.15, -0.1) is 0 Å². The van der Waals surface area contributed by atoms with Crippen LogP contribution in [-0.2, 0) is 4.74 Å². The predicted molar refractivity (Wildman–Crippen MR) is 98.2 cm³/mol. The van der Waals surface area contributed by atoms with E-state index in [1.807, 2.05) is 0 Å². The van der Waals surface area contributed by atoms with Crippen molar-refractivity contribution in [1.82, 2.24) is 0 Å². The summed E-state index contributed by atoms with van der Waals surface area (Å²) in [6, 6.07) is 9.75. The maximum Gasteiger partial charge on any atom is 0.375 e. The van der Waals surface area contributed by atoms with Crippen LogP contribution in [0.25, 0.3) is 22.1 Å². The molecule has 1 aromatic heterocycles. The SMILES string of the molecule is COc1cccc2c1[n+](O)c1cccc(OCC(O)COCC(O)CO)c1[n+]2O. The molecule has 2 atom stereocenters. The molecule has 1 heterocycles. The zero-order valence-corrected chi connectivity index (χ0v) is 15.8. The van der Waals surface area contributed by atoms with E-state index >= 15 is 0 Å². The zero-order valence-electron chi connectivity index (χ0n) is 15.8. The van der Waals surface area contributed by atoms with Crippen LogP contribution < -0.4 is 18.9 Å². The van der Waals surface area contributed by atoms with Gasteiger partial charge < -0.3 is 29.5 Å². The fraction of sp³-hybridized carbons (Fsp3) is 0.368. The highest BCUT2D eigenvalue weighted by atomic mass is 16.5. The number of aliphatic hydroxyl groups is 3. The largest absolute Gasteiger partial charge is 0.490 e. The number of nitrogens with zero attached hydrogens (tertiary/aromatic N) is 2. The van der Waals surface area contributed by atoms with Crippen LogP contribution in [-0.4, -0.2) is 71.5 Å². The third kappa shape index (κ3) is 4.25. The number of methoxy groups -OCH3 is 1. The van der Waals surface area contributed by atoms with Gasteiger partial charge in [-0.05, 0) is 12.1 Å². The van der Waals surface area contributed by atoms with Gasteiger partial charge in [0.15, 0.2) is 0 Å². The fourth-order valence-electron chi connectivity index (χ4n) is 2.94. The number of rotatable bonds is 9. The lowest BCUT2D eigenvalue weighted by molar-refractivity contribution is -0.894. The van der Waals surface area contributed by atoms with Crippen LogP contribution in [0.2, 0.25) is 0 Å². The zero-order chi connectivity index (χ0) is 21.0. The summed E-state index contributed by atoms with van der Waals surface area (Å²) >= 11 is 0. The van der Waals surface area contributed by atoms with E-state index in [4.69, 9.17) is 19.3 Å².